The third-order valence-electron chi connectivity index (χ3n) is 2.38. The molecule has 0 atom stereocenters. The molecule has 0 saturated heterocycles. The highest BCUT2D eigenvalue weighted by molar-refractivity contribution is 6.32. The van der Waals surface area contributed by atoms with E-state index in [1.54, 1.807) is 14.2 Å². The molecule has 0 aliphatic rings. The van der Waals surface area contributed by atoms with Crippen LogP contribution in [0.25, 0.3) is 0 Å². The van der Waals surface area contributed by atoms with Crippen molar-refractivity contribution in [1.82, 2.24) is 5.32 Å². The average molecular weight is 258 g/mol. The van der Waals surface area contributed by atoms with Gasteiger partial charge in [-0.15, -0.1) is 0 Å². The van der Waals surface area contributed by atoms with Crippen LogP contribution in [-0.4, -0.2) is 20.8 Å². The first-order valence-electron chi connectivity index (χ1n) is 5.69. The lowest BCUT2D eigenvalue weighted by Gasteiger charge is -2.13. The highest BCUT2D eigenvalue weighted by atomic mass is 35.5. The van der Waals surface area contributed by atoms with Crippen LogP contribution in [0.4, 0.5) is 0 Å². The molecule has 1 aromatic rings. The standard InChI is InChI=1S/C13H20ClNO2/c1-9(2)7-15-8-10-5-11(14)13(17-4)12(6-10)16-3/h5-6,9,15H,7-8H2,1-4H3. The van der Waals surface area contributed by atoms with Gasteiger partial charge in [0.2, 0.25) is 0 Å². The van der Waals surface area contributed by atoms with E-state index in [0.29, 0.717) is 22.4 Å². The van der Waals surface area contributed by atoms with E-state index < -0.39 is 0 Å². The summed E-state index contributed by atoms with van der Waals surface area (Å²) in [6.45, 7) is 6.10. The van der Waals surface area contributed by atoms with Crippen LogP contribution in [0.5, 0.6) is 11.5 Å². The Morgan fingerprint density at radius 3 is 2.47 bits per heavy atom. The molecule has 0 aromatic heterocycles. The van der Waals surface area contributed by atoms with Gasteiger partial charge in [0.25, 0.3) is 0 Å². The molecule has 4 heteroatoms. The van der Waals surface area contributed by atoms with Crippen LogP contribution in [0, 0.1) is 5.92 Å². The first-order valence-corrected chi connectivity index (χ1v) is 6.07. The highest BCUT2D eigenvalue weighted by Gasteiger charge is 2.10. The summed E-state index contributed by atoms with van der Waals surface area (Å²) in [4.78, 5) is 0. The van der Waals surface area contributed by atoms with Gasteiger partial charge in [-0.3, -0.25) is 0 Å². The maximum Gasteiger partial charge on any atom is 0.179 e. The monoisotopic (exact) mass is 257 g/mol. The summed E-state index contributed by atoms with van der Waals surface area (Å²) < 4.78 is 10.4. The van der Waals surface area contributed by atoms with E-state index in [1.165, 1.54) is 0 Å². The first kappa shape index (κ1) is 14.1. The van der Waals surface area contributed by atoms with Crippen LogP contribution in [0.1, 0.15) is 19.4 Å². The molecule has 0 saturated carbocycles. The molecule has 0 radical (unpaired) electrons. The van der Waals surface area contributed by atoms with Crippen LogP contribution < -0.4 is 14.8 Å². The summed E-state index contributed by atoms with van der Waals surface area (Å²) >= 11 is 6.12. The second kappa shape index (κ2) is 6.72. The van der Waals surface area contributed by atoms with Crippen molar-refractivity contribution in [2.24, 2.45) is 5.92 Å². The van der Waals surface area contributed by atoms with Gasteiger partial charge in [-0.1, -0.05) is 25.4 Å². The molecule has 0 bridgehead atoms. The van der Waals surface area contributed by atoms with Gasteiger partial charge < -0.3 is 14.8 Å². The Bertz CT molecular complexity index is 367. The van der Waals surface area contributed by atoms with Gasteiger partial charge in [0.15, 0.2) is 11.5 Å². The number of rotatable bonds is 6. The van der Waals surface area contributed by atoms with Gasteiger partial charge in [0.05, 0.1) is 19.2 Å². The number of hydrogen-bond acceptors (Lipinski definition) is 3. The number of halogens is 1. The minimum absolute atomic E-state index is 0.577. The van der Waals surface area contributed by atoms with Crippen molar-refractivity contribution in [1.29, 1.82) is 0 Å². The van der Waals surface area contributed by atoms with Crippen molar-refractivity contribution < 1.29 is 9.47 Å². The molecular weight excluding hydrogens is 238 g/mol. The Hall–Kier alpha value is -0.930. The second-order valence-electron chi connectivity index (χ2n) is 4.34. The second-order valence-corrected chi connectivity index (χ2v) is 4.75. The predicted molar refractivity (Wildman–Crippen MR) is 71.1 cm³/mol. The Balaban J connectivity index is 2.77. The highest BCUT2D eigenvalue weighted by Crippen LogP contribution is 2.35. The average Bonchev–Trinajstić information content (AvgIpc) is 2.27. The van der Waals surface area contributed by atoms with E-state index >= 15 is 0 Å². The Morgan fingerprint density at radius 2 is 1.94 bits per heavy atom. The molecule has 0 aliphatic carbocycles. The number of benzene rings is 1. The van der Waals surface area contributed by atoms with Crippen LogP contribution in [-0.2, 0) is 6.54 Å². The lowest BCUT2D eigenvalue weighted by Crippen LogP contribution is -2.19. The maximum atomic E-state index is 6.12. The smallest absolute Gasteiger partial charge is 0.179 e. The molecule has 3 nitrogen and oxygen atoms in total. The zero-order valence-corrected chi connectivity index (χ0v) is 11.6. The van der Waals surface area contributed by atoms with Crippen molar-refractivity contribution in [3.8, 4) is 11.5 Å². The van der Waals surface area contributed by atoms with Crippen molar-refractivity contribution in [2.75, 3.05) is 20.8 Å². The van der Waals surface area contributed by atoms with Gasteiger partial charge in [-0.05, 0) is 30.2 Å². The first-order chi connectivity index (χ1) is 8.08. The van der Waals surface area contributed by atoms with Gasteiger partial charge in [-0.2, -0.15) is 0 Å². The van der Waals surface area contributed by atoms with Crippen LogP contribution in [0.3, 0.4) is 0 Å². The van der Waals surface area contributed by atoms with E-state index in [2.05, 4.69) is 19.2 Å². The normalized spacial score (nSPS) is 10.7. The molecule has 0 spiro atoms. The fraction of sp³-hybridized carbons (Fsp3) is 0.538. The van der Waals surface area contributed by atoms with Crippen LogP contribution in [0.2, 0.25) is 5.02 Å². The molecule has 0 aliphatic heterocycles. The molecule has 0 unspecified atom stereocenters. The van der Waals surface area contributed by atoms with E-state index in [-0.39, 0.29) is 0 Å². The quantitative estimate of drug-likeness (QED) is 0.850. The van der Waals surface area contributed by atoms with Gasteiger partial charge in [-0.25, -0.2) is 0 Å². The van der Waals surface area contributed by atoms with Crippen molar-refractivity contribution in [3.05, 3.63) is 22.7 Å². The van der Waals surface area contributed by atoms with E-state index in [4.69, 9.17) is 21.1 Å². The number of hydrogen-bond donors (Lipinski definition) is 1. The molecule has 1 rings (SSSR count). The zero-order chi connectivity index (χ0) is 12.8. The molecule has 96 valence electrons. The fourth-order valence-electron chi connectivity index (χ4n) is 1.58. The van der Waals surface area contributed by atoms with Crippen LogP contribution in [0.15, 0.2) is 12.1 Å². The number of ether oxygens (including phenoxy) is 2. The SMILES string of the molecule is COc1cc(CNCC(C)C)cc(Cl)c1OC. The largest absolute Gasteiger partial charge is 0.493 e. The third kappa shape index (κ3) is 4.10. The van der Waals surface area contributed by atoms with E-state index in [9.17, 15) is 0 Å². The lowest BCUT2D eigenvalue weighted by atomic mass is 10.1. The summed E-state index contributed by atoms with van der Waals surface area (Å²) in [5, 5.41) is 3.94. The summed E-state index contributed by atoms with van der Waals surface area (Å²) in [5.74, 6) is 1.88. The molecule has 0 fully saturated rings. The lowest BCUT2D eigenvalue weighted by molar-refractivity contribution is 0.354. The minimum atomic E-state index is 0.577. The molecule has 0 heterocycles. The van der Waals surface area contributed by atoms with Crippen molar-refractivity contribution >= 4 is 11.6 Å². The maximum absolute atomic E-state index is 6.12. The summed E-state index contributed by atoms with van der Waals surface area (Å²) in [6.07, 6.45) is 0. The van der Waals surface area contributed by atoms with E-state index in [1.807, 2.05) is 12.1 Å². The summed E-state index contributed by atoms with van der Waals surface area (Å²) in [7, 11) is 3.19. The van der Waals surface area contributed by atoms with Gasteiger partial charge in [0, 0.05) is 6.54 Å². The number of methoxy groups -OCH3 is 2. The molecule has 17 heavy (non-hydrogen) atoms. The zero-order valence-electron chi connectivity index (χ0n) is 10.8. The fourth-order valence-corrected chi connectivity index (χ4v) is 1.89. The summed E-state index contributed by atoms with van der Waals surface area (Å²) in [5.41, 5.74) is 1.09. The Labute approximate surface area is 108 Å². The van der Waals surface area contributed by atoms with E-state index in [0.717, 1.165) is 18.7 Å². The number of nitrogens with one attached hydrogen (secondary N) is 1. The van der Waals surface area contributed by atoms with Crippen LogP contribution >= 0.6 is 11.6 Å². The minimum Gasteiger partial charge on any atom is -0.493 e. The summed E-state index contributed by atoms with van der Waals surface area (Å²) in [6, 6.07) is 3.84. The Kier molecular flexibility index (Phi) is 5.59. The van der Waals surface area contributed by atoms with Gasteiger partial charge in [0.1, 0.15) is 0 Å². The predicted octanol–water partition coefficient (Wildman–Crippen LogP) is 3.10. The molecule has 1 aromatic carbocycles. The van der Waals surface area contributed by atoms with Crippen molar-refractivity contribution in [3.63, 3.8) is 0 Å². The Morgan fingerprint density at radius 1 is 1.24 bits per heavy atom. The molecule has 1 N–H and O–H groups in total. The topological polar surface area (TPSA) is 30.5 Å². The molecular formula is C13H20ClNO2. The molecule has 0 amide bonds. The van der Waals surface area contributed by atoms with Gasteiger partial charge >= 0.3 is 0 Å². The van der Waals surface area contributed by atoms with Crippen molar-refractivity contribution in [2.45, 2.75) is 20.4 Å². The third-order valence-corrected chi connectivity index (χ3v) is 2.66.